The van der Waals surface area contributed by atoms with Crippen molar-refractivity contribution in [2.24, 2.45) is 0 Å². The molecule has 2 nitrogen and oxygen atoms in total. The lowest BCUT2D eigenvalue weighted by Crippen LogP contribution is -2.04. The minimum Gasteiger partial charge on any atom is -0.458 e. The summed E-state index contributed by atoms with van der Waals surface area (Å²) in [6.45, 7) is 5.40. The number of ether oxygens (including phenoxy) is 1. The third kappa shape index (κ3) is 4.27. The van der Waals surface area contributed by atoms with Gasteiger partial charge in [0.2, 0.25) is 0 Å². The van der Waals surface area contributed by atoms with E-state index in [2.05, 4.69) is 6.58 Å². The molecule has 0 heterocycles. The van der Waals surface area contributed by atoms with Gasteiger partial charge in [-0.15, -0.1) is 0 Å². The molecule has 0 saturated heterocycles. The molecule has 0 bridgehead atoms. The van der Waals surface area contributed by atoms with Crippen molar-refractivity contribution < 1.29 is 9.53 Å². The summed E-state index contributed by atoms with van der Waals surface area (Å²) >= 11 is 0. The van der Waals surface area contributed by atoms with Gasteiger partial charge in [0.05, 0.1) is 0 Å². The fourth-order valence-electron chi connectivity index (χ4n) is 0.995. The van der Waals surface area contributed by atoms with Crippen molar-refractivity contribution in [3.63, 3.8) is 0 Å². The van der Waals surface area contributed by atoms with Crippen LogP contribution in [0.5, 0.6) is 0 Å². The van der Waals surface area contributed by atoms with E-state index in [-0.39, 0.29) is 12.6 Å². The third-order valence-electron chi connectivity index (χ3n) is 1.77. The summed E-state index contributed by atoms with van der Waals surface area (Å²) in [5, 5.41) is 0. The van der Waals surface area contributed by atoms with Crippen LogP contribution in [0.3, 0.4) is 0 Å². The maximum atomic E-state index is 11.0. The minimum absolute atomic E-state index is 0.278. The average Bonchev–Trinajstić information content (AvgIpc) is 2.25. The van der Waals surface area contributed by atoms with Crippen molar-refractivity contribution in [3.05, 3.63) is 54.1 Å². The van der Waals surface area contributed by atoms with Crippen LogP contribution in [-0.4, -0.2) is 12.6 Å². The van der Waals surface area contributed by atoms with Gasteiger partial charge in [0.15, 0.2) is 0 Å². The first-order valence-corrected chi connectivity index (χ1v) is 4.74. The van der Waals surface area contributed by atoms with E-state index in [9.17, 15) is 4.79 Å². The lowest BCUT2D eigenvalue weighted by atomic mass is 10.2. The van der Waals surface area contributed by atoms with Gasteiger partial charge in [0.25, 0.3) is 0 Å². The Morgan fingerprint density at radius 1 is 1.40 bits per heavy atom. The van der Waals surface area contributed by atoms with Crippen LogP contribution >= 0.6 is 0 Å². The second-order valence-corrected chi connectivity index (χ2v) is 3.19. The van der Waals surface area contributed by atoms with Crippen LogP contribution in [0.2, 0.25) is 0 Å². The highest BCUT2D eigenvalue weighted by Gasteiger charge is 1.99. The zero-order valence-corrected chi connectivity index (χ0v) is 8.77. The molecule has 0 atom stereocenters. The van der Waals surface area contributed by atoms with Gasteiger partial charge in [-0.1, -0.05) is 43.0 Å². The number of esters is 1. The highest BCUT2D eigenvalue weighted by Crippen LogP contribution is 2.01. The van der Waals surface area contributed by atoms with Gasteiger partial charge >= 0.3 is 5.97 Å². The van der Waals surface area contributed by atoms with Crippen LogP contribution in [0.25, 0.3) is 6.08 Å². The Bertz CT molecular complexity index is 363. The number of hydrogen-bond acceptors (Lipinski definition) is 2. The molecule has 1 rings (SSSR count). The summed E-state index contributed by atoms with van der Waals surface area (Å²) in [5.41, 5.74) is 1.51. The zero-order chi connectivity index (χ0) is 11.1. The maximum absolute atomic E-state index is 11.0. The van der Waals surface area contributed by atoms with Crippen LogP contribution in [0.15, 0.2) is 48.6 Å². The van der Waals surface area contributed by atoms with Crippen LogP contribution < -0.4 is 0 Å². The average molecular weight is 202 g/mol. The first-order valence-electron chi connectivity index (χ1n) is 4.74. The van der Waals surface area contributed by atoms with Gasteiger partial charge in [0, 0.05) is 5.57 Å². The molecule has 0 saturated carbocycles. The lowest BCUT2D eigenvalue weighted by Gasteiger charge is -1.99. The van der Waals surface area contributed by atoms with Gasteiger partial charge in [-0.05, 0) is 18.6 Å². The molecule has 2 heteroatoms. The lowest BCUT2D eigenvalue weighted by molar-refractivity contribution is -0.137. The van der Waals surface area contributed by atoms with Crippen LogP contribution in [-0.2, 0) is 9.53 Å². The van der Waals surface area contributed by atoms with E-state index in [1.165, 1.54) is 0 Å². The fourth-order valence-corrected chi connectivity index (χ4v) is 0.995. The number of carbonyl (C=O) groups is 1. The second kappa shape index (κ2) is 5.81. The van der Waals surface area contributed by atoms with Gasteiger partial charge in [-0.3, -0.25) is 0 Å². The molecule has 0 fully saturated rings. The molecular weight excluding hydrogens is 188 g/mol. The maximum Gasteiger partial charge on any atom is 0.333 e. The first-order chi connectivity index (χ1) is 7.20. The molecule has 15 heavy (non-hydrogen) atoms. The van der Waals surface area contributed by atoms with Crippen molar-refractivity contribution in [2.75, 3.05) is 6.61 Å². The summed E-state index contributed by atoms with van der Waals surface area (Å²) in [6, 6.07) is 9.84. The molecule has 0 amide bonds. The van der Waals surface area contributed by atoms with Gasteiger partial charge in [-0.2, -0.15) is 0 Å². The van der Waals surface area contributed by atoms with Gasteiger partial charge in [0.1, 0.15) is 6.61 Å². The highest BCUT2D eigenvalue weighted by atomic mass is 16.5. The van der Waals surface area contributed by atoms with Crippen molar-refractivity contribution in [3.8, 4) is 0 Å². The largest absolute Gasteiger partial charge is 0.458 e. The van der Waals surface area contributed by atoms with E-state index >= 15 is 0 Å². The summed E-state index contributed by atoms with van der Waals surface area (Å²) < 4.78 is 4.90. The Hall–Kier alpha value is -1.83. The molecule has 0 aliphatic carbocycles. The Balaban J connectivity index is 2.35. The highest BCUT2D eigenvalue weighted by molar-refractivity contribution is 5.87. The molecule has 0 spiro atoms. The summed E-state index contributed by atoms with van der Waals surface area (Å²) in [7, 11) is 0. The Kier molecular flexibility index (Phi) is 4.35. The van der Waals surface area contributed by atoms with Crippen LogP contribution in [0.4, 0.5) is 0 Å². The molecule has 0 aliphatic heterocycles. The van der Waals surface area contributed by atoms with Crippen molar-refractivity contribution >= 4 is 12.0 Å². The van der Waals surface area contributed by atoms with E-state index < -0.39 is 0 Å². The SMILES string of the molecule is C=C(C)C(=O)OCC=Cc1ccccc1. The Labute approximate surface area is 89.9 Å². The zero-order valence-electron chi connectivity index (χ0n) is 8.77. The van der Waals surface area contributed by atoms with Crippen LogP contribution in [0.1, 0.15) is 12.5 Å². The molecule has 1 aromatic carbocycles. The Morgan fingerprint density at radius 2 is 2.07 bits per heavy atom. The van der Waals surface area contributed by atoms with Gasteiger partial charge in [-0.25, -0.2) is 4.79 Å². The number of carbonyl (C=O) groups excluding carboxylic acids is 1. The van der Waals surface area contributed by atoms with Crippen molar-refractivity contribution in [1.82, 2.24) is 0 Å². The molecule has 0 aromatic heterocycles. The fraction of sp³-hybridized carbons (Fsp3) is 0.154. The van der Waals surface area contributed by atoms with Crippen molar-refractivity contribution in [2.45, 2.75) is 6.92 Å². The van der Waals surface area contributed by atoms with E-state index in [1.807, 2.05) is 36.4 Å². The number of benzene rings is 1. The standard InChI is InChI=1S/C13H14O2/c1-11(2)13(14)15-10-6-9-12-7-4-3-5-8-12/h3-9H,1,10H2,2H3. The molecule has 0 unspecified atom stereocenters. The second-order valence-electron chi connectivity index (χ2n) is 3.19. The number of rotatable bonds is 4. The van der Waals surface area contributed by atoms with E-state index in [1.54, 1.807) is 13.0 Å². The summed E-state index contributed by atoms with van der Waals surface area (Å²) in [4.78, 5) is 11.0. The number of hydrogen-bond donors (Lipinski definition) is 0. The minimum atomic E-state index is -0.354. The third-order valence-corrected chi connectivity index (χ3v) is 1.77. The van der Waals surface area contributed by atoms with Gasteiger partial charge < -0.3 is 4.74 Å². The quantitative estimate of drug-likeness (QED) is 0.554. The topological polar surface area (TPSA) is 26.3 Å². The molecule has 0 N–H and O–H groups in total. The summed E-state index contributed by atoms with van der Waals surface area (Å²) in [5.74, 6) is -0.354. The predicted molar refractivity (Wildman–Crippen MR) is 61.2 cm³/mol. The van der Waals surface area contributed by atoms with Crippen molar-refractivity contribution in [1.29, 1.82) is 0 Å². The first kappa shape index (κ1) is 11.2. The monoisotopic (exact) mass is 202 g/mol. The van der Waals surface area contributed by atoms with Crippen LogP contribution in [0, 0.1) is 0 Å². The Morgan fingerprint density at radius 3 is 2.67 bits per heavy atom. The molecular formula is C13H14O2. The van der Waals surface area contributed by atoms with E-state index in [0.29, 0.717) is 5.57 Å². The smallest absolute Gasteiger partial charge is 0.333 e. The predicted octanol–water partition coefficient (Wildman–Crippen LogP) is 2.82. The molecule has 0 aliphatic rings. The molecule has 1 aromatic rings. The molecule has 78 valence electrons. The molecule has 0 radical (unpaired) electrons. The van der Waals surface area contributed by atoms with E-state index in [4.69, 9.17) is 4.74 Å². The van der Waals surface area contributed by atoms with E-state index in [0.717, 1.165) is 5.56 Å². The summed E-state index contributed by atoms with van der Waals surface area (Å²) in [6.07, 6.45) is 3.71. The normalized spacial score (nSPS) is 10.2.